The van der Waals surface area contributed by atoms with Crippen molar-refractivity contribution < 1.29 is 21.2 Å². The van der Waals surface area contributed by atoms with E-state index in [4.69, 9.17) is 0 Å². The zero-order chi connectivity index (χ0) is 16.4. The van der Waals surface area contributed by atoms with Gasteiger partial charge in [0.25, 0.3) is 0 Å². The summed E-state index contributed by atoms with van der Waals surface area (Å²) >= 11 is 1.22. The lowest BCUT2D eigenvalue weighted by Gasteiger charge is -2.16. The number of sulfone groups is 1. The van der Waals surface area contributed by atoms with Gasteiger partial charge in [-0.05, 0) is 35.7 Å². The van der Waals surface area contributed by atoms with Crippen LogP contribution in [0.25, 0.3) is 0 Å². The molecule has 1 heterocycles. The third kappa shape index (κ3) is 4.13. The lowest BCUT2D eigenvalue weighted by molar-refractivity contribution is 0.572. The fraction of sp³-hybridized carbons (Fsp3) is 0.231. The molecule has 1 atom stereocenters. The largest absolute Gasteiger partial charge is 0.223 e. The lowest BCUT2D eigenvalue weighted by Crippen LogP contribution is -2.30. The zero-order valence-electron chi connectivity index (χ0n) is 11.6. The molecule has 2 aromatic rings. The van der Waals surface area contributed by atoms with E-state index in [2.05, 4.69) is 4.72 Å². The summed E-state index contributed by atoms with van der Waals surface area (Å²) in [5.41, 5.74) is 0. The number of hydrogen-bond acceptors (Lipinski definition) is 5. The summed E-state index contributed by atoms with van der Waals surface area (Å²) in [4.78, 5) is 0.461. The minimum absolute atomic E-state index is 0.0531. The Kier molecular flexibility index (Phi) is 5.00. The fourth-order valence-corrected chi connectivity index (χ4v) is 5.21. The van der Waals surface area contributed by atoms with Crippen LogP contribution >= 0.6 is 11.3 Å². The number of sulfonamides is 1. The van der Waals surface area contributed by atoms with Crippen molar-refractivity contribution >= 4 is 31.2 Å². The molecule has 0 aliphatic heterocycles. The van der Waals surface area contributed by atoms with Gasteiger partial charge in [0.2, 0.25) is 10.0 Å². The molecular formula is C13H14FNO4S3. The van der Waals surface area contributed by atoms with E-state index < -0.39 is 30.9 Å². The van der Waals surface area contributed by atoms with Crippen LogP contribution in [0.3, 0.4) is 0 Å². The van der Waals surface area contributed by atoms with Crippen LogP contribution in [-0.2, 0) is 19.9 Å². The van der Waals surface area contributed by atoms with E-state index in [0.29, 0.717) is 4.88 Å². The molecule has 2 rings (SSSR count). The molecule has 1 aromatic heterocycles. The van der Waals surface area contributed by atoms with Gasteiger partial charge in [-0.15, -0.1) is 11.3 Å². The molecule has 0 saturated carbocycles. The smallest absolute Gasteiger partial charge is 0.208 e. The van der Waals surface area contributed by atoms with Crippen molar-refractivity contribution in [2.75, 3.05) is 12.8 Å². The maximum absolute atomic E-state index is 13.0. The van der Waals surface area contributed by atoms with Crippen molar-refractivity contribution in [1.82, 2.24) is 4.72 Å². The maximum atomic E-state index is 13.0. The van der Waals surface area contributed by atoms with Gasteiger partial charge in [0.1, 0.15) is 11.1 Å². The Hall–Kier alpha value is -1.29. The first-order valence-electron chi connectivity index (χ1n) is 6.17. The summed E-state index contributed by atoms with van der Waals surface area (Å²) in [5.74, 6) is -0.541. The third-order valence-corrected chi connectivity index (χ3v) is 6.83. The molecular weight excluding hydrogens is 349 g/mol. The van der Waals surface area contributed by atoms with Gasteiger partial charge in [0.05, 0.1) is 11.2 Å². The summed E-state index contributed by atoms with van der Waals surface area (Å²) in [6, 6.07) is 7.77. The standard InChI is InChI=1S/C13H14FNO4S3/c1-21(16,17)15-9-13(12-3-2-8-20-12)22(18,19)11-6-4-10(14)5-7-11/h2-8,13,15H,9H2,1H3/t13-/m0/s1. The van der Waals surface area contributed by atoms with E-state index in [1.807, 2.05) is 0 Å². The maximum Gasteiger partial charge on any atom is 0.208 e. The fourth-order valence-electron chi connectivity index (χ4n) is 1.85. The third-order valence-electron chi connectivity index (χ3n) is 2.91. The first kappa shape index (κ1) is 17.1. The molecule has 22 heavy (non-hydrogen) atoms. The van der Waals surface area contributed by atoms with E-state index in [1.54, 1.807) is 17.5 Å². The van der Waals surface area contributed by atoms with Crippen molar-refractivity contribution in [1.29, 1.82) is 0 Å². The van der Waals surface area contributed by atoms with Crippen LogP contribution in [0.4, 0.5) is 4.39 Å². The van der Waals surface area contributed by atoms with Crippen molar-refractivity contribution in [2.24, 2.45) is 0 Å². The second-order valence-electron chi connectivity index (χ2n) is 4.62. The number of nitrogens with one attached hydrogen (secondary N) is 1. The summed E-state index contributed by atoms with van der Waals surface area (Å²) in [6.07, 6.45) is 0.961. The highest BCUT2D eigenvalue weighted by molar-refractivity contribution is 7.92. The highest BCUT2D eigenvalue weighted by Crippen LogP contribution is 2.31. The van der Waals surface area contributed by atoms with Crippen LogP contribution in [0.5, 0.6) is 0 Å². The van der Waals surface area contributed by atoms with E-state index >= 15 is 0 Å². The van der Waals surface area contributed by atoms with E-state index in [-0.39, 0.29) is 11.4 Å². The molecule has 0 bridgehead atoms. The van der Waals surface area contributed by atoms with Crippen LogP contribution in [0, 0.1) is 5.82 Å². The summed E-state index contributed by atoms with van der Waals surface area (Å²) in [5, 5.41) is 0.649. The van der Waals surface area contributed by atoms with E-state index in [9.17, 15) is 21.2 Å². The van der Waals surface area contributed by atoms with Crippen molar-refractivity contribution in [3.63, 3.8) is 0 Å². The summed E-state index contributed by atoms with van der Waals surface area (Å²) in [7, 11) is -7.38. The molecule has 1 N–H and O–H groups in total. The molecule has 9 heteroatoms. The highest BCUT2D eigenvalue weighted by Gasteiger charge is 2.30. The lowest BCUT2D eigenvalue weighted by atomic mass is 10.3. The molecule has 0 spiro atoms. The van der Waals surface area contributed by atoms with E-state index in [0.717, 1.165) is 18.4 Å². The second kappa shape index (κ2) is 6.45. The van der Waals surface area contributed by atoms with Crippen LogP contribution < -0.4 is 4.72 Å². The Balaban J connectivity index is 2.41. The SMILES string of the molecule is CS(=O)(=O)NC[C@@H](c1cccs1)S(=O)(=O)c1ccc(F)cc1. The van der Waals surface area contributed by atoms with E-state index in [1.165, 1.54) is 23.5 Å². The average molecular weight is 363 g/mol. The number of rotatable bonds is 6. The average Bonchev–Trinajstić information content (AvgIpc) is 2.91. The Morgan fingerprint density at radius 1 is 1.14 bits per heavy atom. The van der Waals surface area contributed by atoms with Gasteiger partial charge in [-0.25, -0.2) is 25.9 Å². The molecule has 0 amide bonds. The molecule has 1 aromatic carbocycles. The van der Waals surface area contributed by atoms with Gasteiger partial charge in [0.15, 0.2) is 9.84 Å². The number of thiophene rings is 1. The molecule has 0 saturated heterocycles. The molecule has 120 valence electrons. The molecule has 0 fully saturated rings. The van der Waals surface area contributed by atoms with Crippen LogP contribution in [-0.4, -0.2) is 29.6 Å². The first-order chi connectivity index (χ1) is 10.2. The zero-order valence-corrected chi connectivity index (χ0v) is 14.0. The van der Waals surface area contributed by atoms with Gasteiger partial charge >= 0.3 is 0 Å². The van der Waals surface area contributed by atoms with Gasteiger partial charge in [-0.2, -0.15) is 0 Å². The topological polar surface area (TPSA) is 80.3 Å². The molecule has 0 aliphatic rings. The highest BCUT2D eigenvalue weighted by atomic mass is 32.2. The van der Waals surface area contributed by atoms with Gasteiger partial charge in [-0.1, -0.05) is 6.07 Å². The number of hydrogen-bond donors (Lipinski definition) is 1. The normalized spacial score (nSPS) is 13.9. The molecule has 5 nitrogen and oxygen atoms in total. The van der Waals surface area contributed by atoms with Crippen LogP contribution in [0.1, 0.15) is 10.1 Å². The van der Waals surface area contributed by atoms with Crippen LogP contribution in [0.15, 0.2) is 46.7 Å². The number of benzene rings is 1. The van der Waals surface area contributed by atoms with Crippen molar-refractivity contribution in [3.8, 4) is 0 Å². The van der Waals surface area contributed by atoms with Gasteiger partial charge in [0, 0.05) is 11.4 Å². The minimum Gasteiger partial charge on any atom is -0.223 e. The van der Waals surface area contributed by atoms with Crippen molar-refractivity contribution in [3.05, 3.63) is 52.5 Å². The molecule has 0 aliphatic carbocycles. The second-order valence-corrected chi connectivity index (χ2v) is 9.57. The number of halogens is 1. The quantitative estimate of drug-likeness (QED) is 0.796. The molecule has 0 radical (unpaired) electrons. The summed E-state index contributed by atoms with van der Waals surface area (Å²) in [6.45, 7) is -0.279. The Labute approximate surface area is 132 Å². The monoisotopic (exact) mass is 363 g/mol. The van der Waals surface area contributed by atoms with Gasteiger partial charge in [-0.3, -0.25) is 0 Å². The first-order valence-corrected chi connectivity index (χ1v) is 10.5. The Morgan fingerprint density at radius 3 is 2.27 bits per heavy atom. The minimum atomic E-state index is -3.85. The predicted octanol–water partition coefficient (Wildman–Crippen LogP) is 1.95. The molecule has 0 unspecified atom stereocenters. The van der Waals surface area contributed by atoms with Crippen molar-refractivity contribution in [2.45, 2.75) is 10.1 Å². The summed E-state index contributed by atoms with van der Waals surface area (Å²) < 4.78 is 63.1. The Morgan fingerprint density at radius 2 is 1.77 bits per heavy atom. The predicted molar refractivity (Wildman–Crippen MR) is 83.5 cm³/mol. The van der Waals surface area contributed by atoms with Crippen LogP contribution in [0.2, 0.25) is 0 Å². The van der Waals surface area contributed by atoms with Gasteiger partial charge < -0.3 is 0 Å². The Bertz CT molecular complexity index is 828.